The molecular weight excluding hydrogens is 317 g/mol. The Morgan fingerprint density at radius 3 is 2.65 bits per heavy atom. The Labute approximate surface area is 140 Å². The van der Waals surface area contributed by atoms with Crippen molar-refractivity contribution in [2.45, 2.75) is 25.8 Å². The first-order valence-electron chi connectivity index (χ1n) is 7.45. The van der Waals surface area contributed by atoms with E-state index in [4.69, 9.17) is 16.7 Å². The normalized spacial score (nSPS) is 12.0. The minimum absolute atomic E-state index is 0.0512. The molecule has 0 aromatic heterocycles. The van der Waals surface area contributed by atoms with Crippen LogP contribution < -0.4 is 5.32 Å². The summed E-state index contributed by atoms with van der Waals surface area (Å²) in [5, 5.41) is 12.0. The van der Waals surface area contributed by atoms with Crippen LogP contribution in [0.2, 0.25) is 5.02 Å². The van der Waals surface area contributed by atoms with E-state index in [0.29, 0.717) is 18.4 Å². The molecule has 122 valence electrons. The van der Waals surface area contributed by atoms with Crippen LogP contribution in [0.25, 0.3) is 0 Å². The smallest absolute Gasteiger partial charge is 0.253 e. The van der Waals surface area contributed by atoms with Gasteiger partial charge in [0.2, 0.25) is 0 Å². The Hall–Kier alpha value is -1.91. The second kappa shape index (κ2) is 8.09. The van der Waals surface area contributed by atoms with Crippen LogP contribution in [0, 0.1) is 12.7 Å². The molecular formula is C18H19ClFNO2. The monoisotopic (exact) mass is 335 g/mol. The predicted octanol–water partition coefficient (Wildman–Crippen LogP) is 4.03. The molecule has 0 saturated carbocycles. The van der Waals surface area contributed by atoms with Crippen molar-refractivity contribution in [2.75, 3.05) is 6.61 Å². The van der Waals surface area contributed by atoms with Gasteiger partial charge in [-0.1, -0.05) is 41.9 Å². The van der Waals surface area contributed by atoms with E-state index in [9.17, 15) is 9.18 Å². The van der Waals surface area contributed by atoms with Gasteiger partial charge in [-0.05, 0) is 43.0 Å². The van der Waals surface area contributed by atoms with E-state index in [1.165, 1.54) is 6.07 Å². The number of aliphatic hydroxyl groups is 1. The standard InChI is InChI=1S/C18H19ClFNO2/c1-12-10-14(15(19)11-16(12)20)18(23)21-17(8-5-9-22)13-6-3-2-4-7-13/h2-4,6-7,10-11,17,22H,5,8-9H2,1H3,(H,21,23). The summed E-state index contributed by atoms with van der Waals surface area (Å²) in [6.45, 7) is 1.64. The number of nitrogens with one attached hydrogen (secondary N) is 1. The highest BCUT2D eigenvalue weighted by Gasteiger charge is 2.18. The molecule has 0 heterocycles. The fourth-order valence-electron chi connectivity index (χ4n) is 2.37. The van der Waals surface area contributed by atoms with Gasteiger partial charge in [-0.2, -0.15) is 0 Å². The van der Waals surface area contributed by atoms with Crippen LogP contribution >= 0.6 is 11.6 Å². The molecule has 2 aromatic carbocycles. The molecule has 0 spiro atoms. The molecule has 2 rings (SSSR count). The molecule has 0 fully saturated rings. The summed E-state index contributed by atoms with van der Waals surface area (Å²) in [6, 6.07) is 11.9. The lowest BCUT2D eigenvalue weighted by Gasteiger charge is -2.19. The van der Waals surface area contributed by atoms with Crippen molar-refractivity contribution in [1.29, 1.82) is 0 Å². The minimum Gasteiger partial charge on any atom is -0.396 e. The molecule has 1 amide bonds. The molecule has 2 aromatic rings. The number of hydrogen-bond donors (Lipinski definition) is 2. The zero-order valence-corrected chi connectivity index (χ0v) is 13.6. The SMILES string of the molecule is Cc1cc(C(=O)NC(CCCO)c2ccccc2)c(Cl)cc1F. The van der Waals surface area contributed by atoms with Crippen molar-refractivity contribution in [2.24, 2.45) is 0 Å². The van der Waals surface area contributed by atoms with Gasteiger partial charge in [-0.25, -0.2) is 4.39 Å². The third-order valence-corrected chi connectivity index (χ3v) is 3.96. The van der Waals surface area contributed by atoms with Gasteiger partial charge in [-0.3, -0.25) is 4.79 Å². The number of aryl methyl sites for hydroxylation is 1. The van der Waals surface area contributed by atoms with Gasteiger partial charge in [0.1, 0.15) is 5.82 Å². The van der Waals surface area contributed by atoms with E-state index in [1.54, 1.807) is 6.92 Å². The summed E-state index contributed by atoms with van der Waals surface area (Å²) in [5.74, 6) is -0.795. The lowest BCUT2D eigenvalue weighted by atomic mass is 10.0. The lowest BCUT2D eigenvalue weighted by molar-refractivity contribution is 0.0932. The fraction of sp³-hybridized carbons (Fsp3) is 0.278. The Morgan fingerprint density at radius 1 is 1.30 bits per heavy atom. The first kappa shape index (κ1) is 17.4. The highest BCUT2D eigenvalue weighted by molar-refractivity contribution is 6.33. The van der Waals surface area contributed by atoms with E-state index in [-0.39, 0.29) is 29.1 Å². The summed E-state index contributed by atoms with van der Waals surface area (Å²) in [7, 11) is 0. The average molecular weight is 336 g/mol. The predicted molar refractivity (Wildman–Crippen MR) is 89.1 cm³/mol. The highest BCUT2D eigenvalue weighted by atomic mass is 35.5. The van der Waals surface area contributed by atoms with Crippen LogP contribution in [0.3, 0.4) is 0 Å². The van der Waals surface area contributed by atoms with Gasteiger partial charge >= 0.3 is 0 Å². The van der Waals surface area contributed by atoms with Crippen molar-refractivity contribution in [3.8, 4) is 0 Å². The summed E-state index contributed by atoms with van der Waals surface area (Å²) in [5.41, 5.74) is 1.56. The van der Waals surface area contributed by atoms with Crippen molar-refractivity contribution in [3.05, 3.63) is 70.0 Å². The van der Waals surface area contributed by atoms with Crippen molar-refractivity contribution >= 4 is 17.5 Å². The first-order chi connectivity index (χ1) is 11.0. The molecule has 5 heteroatoms. The molecule has 1 atom stereocenters. The van der Waals surface area contributed by atoms with E-state index in [2.05, 4.69) is 5.32 Å². The maximum absolute atomic E-state index is 13.5. The number of carbonyl (C=O) groups excluding carboxylic acids is 1. The number of rotatable bonds is 6. The second-order valence-corrected chi connectivity index (χ2v) is 5.79. The van der Waals surface area contributed by atoms with Crippen LogP contribution in [0.4, 0.5) is 4.39 Å². The Bertz CT molecular complexity index is 676. The summed E-state index contributed by atoms with van der Waals surface area (Å²) in [6.07, 6.45) is 1.17. The zero-order chi connectivity index (χ0) is 16.8. The average Bonchev–Trinajstić information content (AvgIpc) is 2.55. The van der Waals surface area contributed by atoms with Crippen LogP contribution in [-0.4, -0.2) is 17.6 Å². The van der Waals surface area contributed by atoms with Crippen LogP contribution in [0.1, 0.15) is 40.4 Å². The summed E-state index contributed by atoms with van der Waals surface area (Å²) >= 11 is 5.99. The van der Waals surface area contributed by atoms with E-state index in [1.807, 2.05) is 30.3 Å². The summed E-state index contributed by atoms with van der Waals surface area (Å²) in [4.78, 5) is 12.5. The molecule has 0 aliphatic rings. The second-order valence-electron chi connectivity index (χ2n) is 5.38. The van der Waals surface area contributed by atoms with Gasteiger partial charge in [-0.15, -0.1) is 0 Å². The molecule has 0 aliphatic heterocycles. The van der Waals surface area contributed by atoms with Gasteiger partial charge in [0.05, 0.1) is 16.6 Å². The van der Waals surface area contributed by atoms with E-state index in [0.717, 1.165) is 11.6 Å². The van der Waals surface area contributed by atoms with Gasteiger partial charge in [0.15, 0.2) is 0 Å². The molecule has 3 nitrogen and oxygen atoms in total. The Morgan fingerprint density at radius 2 is 2.00 bits per heavy atom. The third-order valence-electron chi connectivity index (χ3n) is 3.65. The highest BCUT2D eigenvalue weighted by Crippen LogP contribution is 2.23. The molecule has 2 N–H and O–H groups in total. The molecule has 23 heavy (non-hydrogen) atoms. The largest absolute Gasteiger partial charge is 0.396 e. The van der Waals surface area contributed by atoms with Crippen molar-refractivity contribution in [3.63, 3.8) is 0 Å². The van der Waals surface area contributed by atoms with Gasteiger partial charge in [0, 0.05) is 6.61 Å². The Kier molecular flexibility index (Phi) is 6.13. The number of halogens is 2. The zero-order valence-electron chi connectivity index (χ0n) is 12.9. The molecule has 0 radical (unpaired) electrons. The minimum atomic E-state index is -0.438. The molecule has 0 bridgehead atoms. The number of hydrogen-bond acceptors (Lipinski definition) is 2. The lowest BCUT2D eigenvalue weighted by Crippen LogP contribution is -2.29. The fourth-order valence-corrected chi connectivity index (χ4v) is 2.61. The number of aliphatic hydroxyl groups excluding tert-OH is 1. The maximum Gasteiger partial charge on any atom is 0.253 e. The van der Waals surface area contributed by atoms with Crippen molar-refractivity contribution in [1.82, 2.24) is 5.32 Å². The van der Waals surface area contributed by atoms with Gasteiger partial charge < -0.3 is 10.4 Å². The van der Waals surface area contributed by atoms with E-state index >= 15 is 0 Å². The van der Waals surface area contributed by atoms with Crippen LogP contribution in [0.5, 0.6) is 0 Å². The van der Waals surface area contributed by atoms with Crippen LogP contribution in [0.15, 0.2) is 42.5 Å². The Balaban J connectivity index is 2.22. The number of amides is 1. The quantitative estimate of drug-likeness (QED) is 0.837. The number of benzene rings is 2. The van der Waals surface area contributed by atoms with E-state index < -0.39 is 5.82 Å². The number of carbonyl (C=O) groups is 1. The first-order valence-corrected chi connectivity index (χ1v) is 7.83. The summed E-state index contributed by atoms with van der Waals surface area (Å²) < 4.78 is 13.5. The van der Waals surface area contributed by atoms with Gasteiger partial charge in [0.25, 0.3) is 5.91 Å². The van der Waals surface area contributed by atoms with Crippen molar-refractivity contribution < 1.29 is 14.3 Å². The third kappa shape index (κ3) is 4.53. The molecule has 0 saturated heterocycles. The molecule has 1 unspecified atom stereocenters. The van der Waals surface area contributed by atoms with Crippen LogP contribution in [-0.2, 0) is 0 Å². The topological polar surface area (TPSA) is 49.3 Å². The molecule has 0 aliphatic carbocycles. The maximum atomic E-state index is 13.5.